The Morgan fingerprint density at radius 1 is 1.37 bits per heavy atom. The molecule has 104 valence electrons. The number of aryl methyl sites for hydroxylation is 2. The third kappa shape index (κ3) is 3.24. The van der Waals surface area contributed by atoms with Gasteiger partial charge in [-0.25, -0.2) is 4.98 Å². The van der Waals surface area contributed by atoms with E-state index >= 15 is 0 Å². The maximum absolute atomic E-state index is 5.86. The van der Waals surface area contributed by atoms with Gasteiger partial charge in [-0.05, 0) is 50.2 Å². The smallest absolute Gasteiger partial charge is 0.136 e. The molecule has 0 aromatic carbocycles. The molecular formula is C15H23N3S. The highest BCUT2D eigenvalue weighted by molar-refractivity contribution is 7.80. The van der Waals surface area contributed by atoms with Gasteiger partial charge in [0, 0.05) is 11.7 Å². The van der Waals surface area contributed by atoms with Gasteiger partial charge in [-0.3, -0.25) is 0 Å². The minimum absolute atomic E-state index is 0.433. The van der Waals surface area contributed by atoms with Gasteiger partial charge < -0.3 is 11.1 Å². The number of nitrogens with zero attached hydrogens (tertiary/aromatic N) is 1. The molecule has 0 aliphatic heterocycles. The Hall–Kier alpha value is -1.16. The van der Waals surface area contributed by atoms with Crippen molar-refractivity contribution in [2.45, 2.75) is 58.4 Å². The predicted molar refractivity (Wildman–Crippen MR) is 84.8 cm³/mol. The van der Waals surface area contributed by atoms with Crippen LogP contribution >= 0.6 is 12.2 Å². The van der Waals surface area contributed by atoms with Crippen LogP contribution < -0.4 is 11.1 Å². The summed E-state index contributed by atoms with van der Waals surface area (Å²) in [5.74, 6) is 0.877. The van der Waals surface area contributed by atoms with Crippen molar-refractivity contribution in [3.8, 4) is 0 Å². The lowest BCUT2D eigenvalue weighted by Gasteiger charge is -2.22. The van der Waals surface area contributed by atoms with E-state index in [-0.39, 0.29) is 0 Å². The Kier molecular flexibility index (Phi) is 4.75. The van der Waals surface area contributed by atoms with Gasteiger partial charge in [0.25, 0.3) is 0 Å². The molecule has 0 spiro atoms. The van der Waals surface area contributed by atoms with Gasteiger partial charge in [-0.2, -0.15) is 0 Å². The molecule has 0 amide bonds. The molecule has 1 aromatic rings. The van der Waals surface area contributed by atoms with E-state index in [0.29, 0.717) is 11.0 Å². The second-order valence-electron chi connectivity index (χ2n) is 5.22. The van der Waals surface area contributed by atoms with Crippen LogP contribution in [0.15, 0.2) is 6.07 Å². The highest BCUT2D eigenvalue weighted by atomic mass is 32.1. The number of aromatic nitrogens is 1. The minimum atomic E-state index is 0.433. The average Bonchev–Trinajstić information content (AvgIpc) is 2.43. The van der Waals surface area contributed by atoms with Crippen molar-refractivity contribution >= 4 is 23.0 Å². The molecule has 1 aromatic heterocycles. The van der Waals surface area contributed by atoms with Crippen LogP contribution in [0.5, 0.6) is 0 Å². The largest absolute Gasteiger partial charge is 0.389 e. The number of fused-ring (bicyclic) bond motifs is 1. The summed E-state index contributed by atoms with van der Waals surface area (Å²) in [5.41, 5.74) is 9.31. The Morgan fingerprint density at radius 2 is 2.05 bits per heavy atom. The van der Waals surface area contributed by atoms with Crippen molar-refractivity contribution in [3.05, 3.63) is 22.9 Å². The molecule has 1 heterocycles. The van der Waals surface area contributed by atoms with Crippen molar-refractivity contribution in [2.24, 2.45) is 5.73 Å². The first-order valence-electron chi connectivity index (χ1n) is 7.24. The molecule has 0 saturated carbocycles. The first kappa shape index (κ1) is 14.3. The minimum Gasteiger partial charge on any atom is -0.389 e. The lowest BCUT2D eigenvalue weighted by atomic mass is 9.94. The molecule has 4 heteroatoms. The maximum Gasteiger partial charge on any atom is 0.136 e. The van der Waals surface area contributed by atoms with Crippen LogP contribution in [-0.2, 0) is 12.8 Å². The summed E-state index contributed by atoms with van der Waals surface area (Å²) in [4.78, 5) is 5.23. The molecule has 0 fully saturated rings. The summed E-state index contributed by atoms with van der Waals surface area (Å²) in [6.07, 6.45) is 6.80. The standard InChI is InChI=1S/C15H23N3S/c1-3-11(4-2)17-15-12(14(16)19)9-10-7-5-6-8-13(10)18-15/h9,11H,3-8H2,1-2H3,(H2,16,19)(H,17,18). The Morgan fingerprint density at radius 3 is 2.68 bits per heavy atom. The molecule has 1 aliphatic rings. The van der Waals surface area contributed by atoms with E-state index in [9.17, 15) is 0 Å². The van der Waals surface area contributed by atoms with Gasteiger partial charge in [0.1, 0.15) is 10.8 Å². The van der Waals surface area contributed by atoms with Crippen LogP contribution in [0.2, 0.25) is 0 Å². The van der Waals surface area contributed by atoms with Crippen molar-refractivity contribution < 1.29 is 0 Å². The third-order valence-electron chi connectivity index (χ3n) is 3.89. The normalized spacial score (nSPS) is 14.3. The highest BCUT2D eigenvalue weighted by Gasteiger charge is 2.17. The number of rotatable bonds is 5. The Balaban J connectivity index is 2.36. The molecule has 0 atom stereocenters. The maximum atomic E-state index is 5.86. The number of hydrogen-bond acceptors (Lipinski definition) is 3. The van der Waals surface area contributed by atoms with Crippen LogP contribution in [0.4, 0.5) is 5.82 Å². The third-order valence-corrected chi connectivity index (χ3v) is 4.11. The zero-order chi connectivity index (χ0) is 13.8. The summed E-state index contributed by atoms with van der Waals surface area (Å²) in [6, 6.07) is 2.58. The van der Waals surface area contributed by atoms with Crippen molar-refractivity contribution in [1.82, 2.24) is 4.98 Å². The lowest BCUT2D eigenvalue weighted by Crippen LogP contribution is -2.23. The van der Waals surface area contributed by atoms with E-state index < -0.39 is 0 Å². The number of hydrogen-bond donors (Lipinski definition) is 2. The molecule has 0 unspecified atom stereocenters. The summed E-state index contributed by atoms with van der Waals surface area (Å²) in [5, 5.41) is 3.50. The first-order chi connectivity index (χ1) is 9.15. The number of nitrogens with two attached hydrogens (primary N) is 1. The van der Waals surface area contributed by atoms with E-state index in [0.717, 1.165) is 37.1 Å². The predicted octanol–water partition coefficient (Wildman–Crippen LogP) is 3.20. The Labute approximate surface area is 121 Å². The highest BCUT2D eigenvalue weighted by Crippen LogP contribution is 2.25. The molecule has 0 bridgehead atoms. The van der Waals surface area contributed by atoms with Gasteiger partial charge >= 0.3 is 0 Å². The van der Waals surface area contributed by atoms with Crippen LogP contribution in [0.25, 0.3) is 0 Å². The molecule has 19 heavy (non-hydrogen) atoms. The van der Waals surface area contributed by atoms with E-state index in [1.54, 1.807) is 0 Å². The van der Waals surface area contributed by atoms with Gasteiger partial charge in [0.15, 0.2) is 0 Å². The van der Waals surface area contributed by atoms with E-state index in [1.165, 1.54) is 24.1 Å². The van der Waals surface area contributed by atoms with Crippen molar-refractivity contribution in [1.29, 1.82) is 0 Å². The van der Waals surface area contributed by atoms with Crippen LogP contribution in [0.3, 0.4) is 0 Å². The van der Waals surface area contributed by atoms with Gasteiger partial charge in [0.2, 0.25) is 0 Å². The SMILES string of the molecule is CCC(CC)Nc1nc2c(cc1C(N)=S)CCCC2. The van der Waals surface area contributed by atoms with Crippen LogP contribution in [-0.4, -0.2) is 16.0 Å². The molecule has 2 rings (SSSR count). The second-order valence-corrected chi connectivity index (χ2v) is 5.66. The molecule has 3 N–H and O–H groups in total. The van der Waals surface area contributed by atoms with E-state index in [4.69, 9.17) is 22.9 Å². The van der Waals surface area contributed by atoms with Crippen molar-refractivity contribution in [3.63, 3.8) is 0 Å². The van der Waals surface area contributed by atoms with Gasteiger partial charge in [0.05, 0.1) is 5.56 Å². The van der Waals surface area contributed by atoms with Crippen molar-refractivity contribution in [2.75, 3.05) is 5.32 Å². The lowest BCUT2D eigenvalue weighted by molar-refractivity contribution is 0.653. The number of pyridine rings is 1. The summed E-state index contributed by atoms with van der Waals surface area (Å²) in [7, 11) is 0. The number of nitrogens with one attached hydrogen (secondary N) is 1. The van der Waals surface area contributed by atoms with E-state index in [2.05, 4.69) is 25.2 Å². The molecule has 1 aliphatic carbocycles. The Bertz CT molecular complexity index is 467. The summed E-state index contributed by atoms with van der Waals surface area (Å²) < 4.78 is 0. The zero-order valence-corrected chi connectivity index (χ0v) is 12.6. The molecular weight excluding hydrogens is 254 g/mol. The monoisotopic (exact) mass is 277 g/mol. The fourth-order valence-electron chi connectivity index (χ4n) is 2.62. The average molecular weight is 277 g/mol. The van der Waals surface area contributed by atoms with Gasteiger partial charge in [-0.15, -0.1) is 0 Å². The zero-order valence-electron chi connectivity index (χ0n) is 11.8. The fourth-order valence-corrected chi connectivity index (χ4v) is 2.77. The first-order valence-corrected chi connectivity index (χ1v) is 7.65. The second kappa shape index (κ2) is 6.33. The summed E-state index contributed by atoms with van der Waals surface area (Å²) in [6.45, 7) is 4.36. The fraction of sp³-hybridized carbons (Fsp3) is 0.600. The topological polar surface area (TPSA) is 50.9 Å². The number of anilines is 1. The van der Waals surface area contributed by atoms with Crippen LogP contribution in [0.1, 0.15) is 56.4 Å². The quantitative estimate of drug-likeness (QED) is 0.812. The molecule has 0 saturated heterocycles. The van der Waals surface area contributed by atoms with Gasteiger partial charge in [-0.1, -0.05) is 26.1 Å². The van der Waals surface area contributed by atoms with E-state index in [1.807, 2.05) is 0 Å². The van der Waals surface area contributed by atoms with Crippen LogP contribution in [0, 0.1) is 0 Å². The number of thiocarbonyl (C=S) groups is 1. The molecule has 0 radical (unpaired) electrons. The summed E-state index contributed by atoms with van der Waals surface area (Å²) >= 11 is 5.18. The molecule has 3 nitrogen and oxygen atoms in total.